The highest BCUT2D eigenvalue weighted by Crippen LogP contribution is 2.33. The number of rotatable bonds is 9. The molecule has 0 radical (unpaired) electrons. The summed E-state index contributed by atoms with van der Waals surface area (Å²) in [6.07, 6.45) is -2.08. The fourth-order valence-electron chi connectivity index (χ4n) is 2.81. The Morgan fingerprint density at radius 2 is 1.86 bits per heavy atom. The van der Waals surface area contributed by atoms with E-state index >= 15 is 0 Å². The van der Waals surface area contributed by atoms with E-state index < -0.39 is 18.3 Å². The highest BCUT2D eigenvalue weighted by atomic mass is 127. The number of phenolic OH excluding ortho intramolecular Hbond substituents is 1. The minimum absolute atomic E-state index is 0.0309. The van der Waals surface area contributed by atoms with Gasteiger partial charge >= 0.3 is 6.09 Å². The molecule has 0 aromatic heterocycles. The Labute approximate surface area is 183 Å². The molecule has 8 heteroatoms. The minimum atomic E-state index is -0.923. The Balaban J connectivity index is 2.24. The molecule has 0 aliphatic rings. The van der Waals surface area contributed by atoms with Crippen molar-refractivity contribution >= 4 is 40.2 Å². The molecule has 2 aromatic carbocycles. The molecule has 3 N–H and O–H groups in total. The van der Waals surface area contributed by atoms with Crippen molar-refractivity contribution < 1.29 is 29.3 Å². The summed E-state index contributed by atoms with van der Waals surface area (Å²) in [5.41, 5.74) is 1.39. The lowest BCUT2D eigenvalue weighted by Crippen LogP contribution is -2.30. The number of carbonyl (C=O) groups is 2. The molecule has 0 aliphatic carbocycles. The van der Waals surface area contributed by atoms with Crippen LogP contribution < -0.4 is 5.32 Å². The molecule has 156 valence electrons. The van der Waals surface area contributed by atoms with Gasteiger partial charge in [-0.3, -0.25) is 10.1 Å². The van der Waals surface area contributed by atoms with Crippen molar-refractivity contribution in [3.8, 4) is 5.75 Å². The highest BCUT2D eigenvalue weighted by Gasteiger charge is 2.30. The third-order valence-electron chi connectivity index (χ3n) is 4.20. The second-order valence-corrected chi connectivity index (χ2v) is 7.54. The van der Waals surface area contributed by atoms with Crippen molar-refractivity contribution in [1.82, 2.24) is 0 Å². The molecule has 0 bridgehead atoms. The number of halogens is 1. The summed E-state index contributed by atoms with van der Waals surface area (Å²) in [5, 5.41) is 22.3. The fourth-order valence-corrected chi connectivity index (χ4v) is 3.32. The molecule has 0 saturated heterocycles. The van der Waals surface area contributed by atoms with E-state index in [0.717, 1.165) is 3.57 Å². The standard InChI is InChI=1S/C21H24INO6/c1-3-28-19(10-11-24)20(17-12-15(22)6-9-18(17)26)29-21(27)23-16-7-4-14(5-8-16)13(2)25/h4-9,12,19-20,24,26H,3,10-11H2,1-2H3,(H,23,27)/t19-,20-/m0/s1. The van der Waals surface area contributed by atoms with Crippen LogP contribution in [0, 0.1) is 3.57 Å². The molecule has 0 fully saturated rings. The minimum Gasteiger partial charge on any atom is -0.508 e. The zero-order chi connectivity index (χ0) is 21.4. The van der Waals surface area contributed by atoms with Crippen LogP contribution in [0.25, 0.3) is 0 Å². The van der Waals surface area contributed by atoms with E-state index in [1.807, 2.05) is 0 Å². The van der Waals surface area contributed by atoms with Crippen LogP contribution in [0.15, 0.2) is 42.5 Å². The smallest absolute Gasteiger partial charge is 0.412 e. The van der Waals surface area contributed by atoms with Crippen LogP contribution in [-0.4, -0.2) is 41.4 Å². The zero-order valence-corrected chi connectivity index (χ0v) is 18.4. The molecular formula is C21H24INO6. The summed E-state index contributed by atoms with van der Waals surface area (Å²) in [7, 11) is 0. The van der Waals surface area contributed by atoms with E-state index in [1.54, 1.807) is 43.3 Å². The SMILES string of the molecule is CCO[C@@H](CCO)[C@@H](OC(=O)Nc1ccc(C(C)=O)cc1)c1cc(I)ccc1O. The monoisotopic (exact) mass is 513 g/mol. The summed E-state index contributed by atoms with van der Waals surface area (Å²) in [4.78, 5) is 23.9. The number of anilines is 1. The summed E-state index contributed by atoms with van der Waals surface area (Å²) in [6, 6.07) is 11.4. The Morgan fingerprint density at radius 1 is 1.17 bits per heavy atom. The van der Waals surface area contributed by atoms with Gasteiger partial charge in [0.1, 0.15) is 11.9 Å². The molecule has 2 atom stereocenters. The molecular weight excluding hydrogens is 489 g/mol. The summed E-state index contributed by atoms with van der Waals surface area (Å²) in [6.45, 7) is 3.45. The second-order valence-electron chi connectivity index (χ2n) is 6.29. The number of hydrogen-bond donors (Lipinski definition) is 3. The number of carbonyl (C=O) groups excluding carboxylic acids is 2. The highest BCUT2D eigenvalue weighted by molar-refractivity contribution is 14.1. The van der Waals surface area contributed by atoms with E-state index in [9.17, 15) is 19.8 Å². The van der Waals surface area contributed by atoms with Crippen molar-refractivity contribution in [3.63, 3.8) is 0 Å². The number of hydrogen-bond acceptors (Lipinski definition) is 6. The summed E-state index contributed by atoms with van der Waals surface area (Å²) < 4.78 is 12.1. The van der Waals surface area contributed by atoms with Crippen LogP contribution >= 0.6 is 22.6 Å². The lowest BCUT2D eigenvalue weighted by molar-refractivity contribution is -0.0491. The lowest BCUT2D eigenvalue weighted by atomic mass is 10.0. The van der Waals surface area contributed by atoms with Gasteiger partial charge in [-0.05, 0) is 78.9 Å². The summed E-state index contributed by atoms with van der Waals surface area (Å²) in [5.74, 6) is -0.103. The predicted octanol–water partition coefficient (Wildman–Crippen LogP) is 4.28. The first kappa shape index (κ1) is 23.1. The van der Waals surface area contributed by atoms with Gasteiger partial charge in [0.25, 0.3) is 0 Å². The number of aliphatic hydroxyl groups is 1. The third-order valence-corrected chi connectivity index (χ3v) is 4.87. The zero-order valence-electron chi connectivity index (χ0n) is 16.2. The fraction of sp³-hybridized carbons (Fsp3) is 0.333. The summed E-state index contributed by atoms with van der Waals surface area (Å²) >= 11 is 2.10. The topological polar surface area (TPSA) is 105 Å². The molecule has 7 nitrogen and oxygen atoms in total. The Kier molecular flexibility index (Phi) is 8.87. The van der Waals surface area contributed by atoms with Crippen LogP contribution in [-0.2, 0) is 9.47 Å². The number of amides is 1. The number of ether oxygens (including phenoxy) is 2. The number of aliphatic hydroxyl groups excluding tert-OH is 1. The first-order valence-electron chi connectivity index (χ1n) is 9.15. The van der Waals surface area contributed by atoms with E-state index in [1.165, 1.54) is 13.0 Å². The van der Waals surface area contributed by atoms with Crippen molar-refractivity contribution in [3.05, 3.63) is 57.2 Å². The maximum absolute atomic E-state index is 12.5. The van der Waals surface area contributed by atoms with Crippen molar-refractivity contribution in [1.29, 1.82) is 0 Å². The van der Waals surface area contributed by atoms with Crippen LogP contribution in [0.2, 0.25) is 0 Å². The van der Waals surface area contributed by atoms with Crippen LogP contribution in [0.5, 0.6) is 5.75 Å². The van der Waals surface area contributed by atoms with Gasteiger partial charge in [-0.2, -0.15) is 0 Å². The molecule has 0 spiro atoms. The lowest BCUT2D eigenvalue weighted by Gasteiger charge is -2.27. The van der Waals surface area contributed by atoms with Gasteiger partial charge in [0.15, 0.2) is 11.9 Å². The van der Waals surface area contributed by atoms with Gasteiger partial charge in [0, 0.05) is 40.0 Å². The van der Waals surface area contributed by atoms with Crippen molar-refractivity contribution in [2.75, 3.05) is 18.5 Å². The number of ketones is 1. The van der Waals surface area contributed by atoms with Crippen molar-refractivity contribution in [2.24, 2.45) is 0 Å². The van der Waals surface area contributed by atoms with E-state index in [-0.39, 0.29) is 24.6 Å². The van der Waals surface area contributed by atoms with Gasteiger partial charge in [0.2, 0.25) is 0 Å². The molecule has 1 amide bonds. The Morgan fingerprint density at radius 3 is 2.45 bits per heavy atom. The number of nitrogens with one attached hydrogen (secondary N) is 1. The van der Waals surface area contributed by atoms with Crippen LogP contribution in [0.3, 0.4) is 0 Å². The first-order valence-corrected chi connectivity index (χ1v) is 10.2. The number of Topliss-reactive ketones (excluding diaryl/α,β-unsaturated/α-hetero) is 1. The normalized spacial score (nSPS) is 12.8. The van der Waals surface area contributed by atoms with Crippen LogP contribution in [0.4, 0.5) is 10.5 Å². The quantitative estimate of drug-likeness (QED) is 0.342. The third kappa shape index (κ3) is 6.69. The van der Waals surface area contributed by atoms with E-state index in [0.29, 0.717) is 23.4 Å². The molecule has 0 unspecified atom stereocenters. The number of aromatic hydroxyl groups is 1. The van der Waals surface area contributed by atoms with Crippen molar-refractivity contribution in [2.45, 2.75) is 32.5 Å². The number of phenols is 1. The van der Waals surface area contributed by atoms with Crippen LogP contribution in [0.1, 0.15) is 42.3 Å². The Hall–Kier alpha value is -2.17. The molecule has 0 heterocycles. The van der Waals surface area contributed by atoms with Gasteiger partial charge in [0.05, 0.1) is 0 Å². The average molecular weight is 513 g/mol. The molecule has 2 aromatic rings. The largest absolute Gasteiger partial charge is 0.508 e. The maximum Gasteiger partial charge on any atom is 0.412 e. The van der Waals surface area contributed by atoms with Gasteiger partial charge < -0.3 is 19.7 Å². The molecule has 0 saturated carbocycles. The second kappa shape index (κ2) is 11.1. The number of benzene rings is 2. The maximum atomic E-state index is 12.5. The average Bonchev–Trinajstić information content (AvgIpc) is 2.68. The van der Waals surface area contributed by atoms with Gasteiger partial charge in [-0.1, -0.05) is 0 Å². The predicted molar refractivity (Wildman–Crippen MR) is 117 cm³/mol. The van der Waals surface area contributed by atoms with E-state index in [4.69, 9.17) is 9.47 Å². The first-order chi connectivity index (χ1) is 13.8. The molecule has 2 rings (SSSR count). The molecule has 0 aliphatic heterocycles. The Bertz CT molecular complexity index is 834. The van der Waals surface area contributed by atoms with Gasteiger partial charge in [-0.25, -0.2) is 4.79 Å². The van der Waals surface area contributed by atoms with E-state index in [2.05, 4.69) is 27.9 Å². The van der Waals surface area contributed by atoms with Gasteiger partial charge in [-0.15, -0.1) is 0 Å². The molecule has 29 heavy (non-hydrogen) atoms.